The molecule has 1 unspecified atom stereocenters. The highest BCUT2D eigenvalue weighted by Crippen LogP contribution is 2.25. The molecule has 8 nitrogen and oxygen atoms in total. The Morgan fingerprint density at radius 1 is 1.21 bits per heavy atom. The monoisotopic (exact) mass is 545 g/mol. The molecule has 2 aliphatic rings. The lowest BCUT2D eigenvalue weighted by Crippen LogP contribution is -2.51. The Morgan fingerprint density at radius 2 is 1.90 bits per heavy atom. The second kappa shape index (κ2) is 14.0. The molecule has 0 aromatic carbocycles. The normalized spacial score (nSPS) is 20.1. The first-order valence-corrected chi connectivity index (χ1v) is 12.3. The van der Waals surface area contributed by atoms with Gasteiger partial charge >= 0.3 is 0 Å². The molecule has 0 spiro atoms. The number of halogens is 1. The largest absolute Gasteiger partial charge is 0.379 e. The number of rotatable bonds is 11. The number of nitrogens with one attached hydrogen (secondary N) is 3. The van der Waals surface area contributed by atoms with E-state index in [0.29, 0.717) is 36.9 Å². The summed E-state index contributed by atoms with van der Waals surface area (Å²) in [5.74, 6) is 1.84. The van der Waals surface area contributed by atoms with E-state index in [0.717, 1.165) is 52.1 Å². The van der Waals surface area contributed by atoms with Crippen molar-refractivity contribution < 1.29 is 13.2 Å². The van der Waals surface area contributed by atoms with Gasteiger partial charge in [-0.3, -0.25) is 9.89 Å². The summed E-state index contributed by atoms with van der Waals surface area (Å²) in [4.78, 5) is 6.71. The summed E-state index contributed by atoms with van der Waals surface area (Å²) in [6.45, 7) is 9.65. The summed E-state index contributed by atoms with van der Waals surface area (Å²) in [5.41, 5.74) is 0. The standard InChI is InChI=1S/C19H39N5O3S.HI/c1-16(2)13-18(24-8-10-27-11-9-24)15-22-19(20-3)21-7-12-28(25,26)23-14-17-5-4-6-17;/h16-18,23H,4-15H2,1-3H3,(H2,20,21,22);1H. The highest BCUT2D eigenvalue weighted by Gasteiger charge is 2.22. The molecule has 1 saturated heterocycles. The van der Waals surface area contributed by atoms with Crippen LogP contribution in [0.15, 0.2) is 4.99 Å². The number of sulfonamides is 1. The van der Waals surface area contributed by atoms with Gasteiger partial charge in [0.25, 0.3) is 0 Å². The van der Waals surface area contributed by atoms with E-state index < -0.39 is 10.0 Å². The topological polar surface area (TPSA) is 95.1 Å². The lowest BCUT2D eigenvalue weighted by molar-refractivity contribution is 0.0132. The Kier molecular flexibility index (Phi) is 13.0. The summed E-state index contributed by atoms with van der Waals surface area (Å²) in [7, 11) is -1.53. The minimum atomic E-state index is -3.24. The Morgan fingerprint density at radius 3 is 2.45 bits per heavy atom. The fourth-order valence-electron chi connectivity index (χ4n) is 3.60. The fraction of sp³-hybridized carbons (Fsp3) is 0.947. The van der Waals surface area contributed by atoms with E-state index in [-0.39, 0.29) is 29.7 Å². The van der Waals surface area contributed by atoms with Crippen molar-refractivity contribution in [1.82, 2.24) is 20.3 Å². The molecule has 0 aromatic heterocycles. The van der Waals surface area contributed by atoms with Crippen molar-refractivity contribution in [1.29, 1.82) is 0 Å². The molecule has 1 heterocycles. The van der Waals surface area contributed by atoms with Crippen LogP contribution in [-0.4, -0.2) is 84.1 Å². The van der Waals surface area contributed by atoms with Crippen LogP contribution in [0, 0.1) is 11.8 Å². The highest BCUT2D eigenvalue weighted by molar-refractivity contribution is 14.0. The maximum absolute atomic E-state index is 12.1. The minimum Gasteiger partial charge on any atom is -0.379 e. The Balaban J connectivity index is 0.00000420. The molecule has 0 bridgehead atoms. The molecule has 10 heteroatoms. The van der Waals surface area contributed by atoms with E-state index in [1.807, 2.05) is 0 Å². The van der Waals surface area contributed by atoms with Gasteiger partial charge in [-0.1, -0.05) is 20.3 Å². The van der Waals surface area contributed by atoms with Gasteiger partial charge in [0.15, 0.2) is 5.96 Å². The van der Waals surface area contributed by atoms with Crippen molar-refractivity contribution in [3.05, 3.63) is 0 Å². The van der Waals surface area contributed by atoms with E-state index in [1.165, 1.54) is 6.42 Å². The summed E-state index contributed by atoms with van der Waals surface area (Å²) < 4.78 is 32.4. The zero-order valence-corrected chi connectivity index (χ0v) is 21.3. The van der Waals surface area contributed by atoms with Crippen LogP contribution in [0.5, 0.6) is 0 Å². The van der Waals surface area contributed by atoms with Crippen molar-refractivity contribution in [3.63, 3.8) is 0 Å². The second-order valence-corrected chi connectivity index (χ2v) is 10.2. The highest BCUT2D eigenvalue weighted by atomic mass is 127. The number of nitrogens with zero attached hydrogens (tertiary/aromatic N) is 2. The third kappa shape index (κ3) is 10.6. The third-order valence-corrected chi connectivity index (χ3v) is 6.86. The zero-order chi connectivity index (χ0) is 20.4. The fourth-order valence-corrected chi connectivity index (χ4v) is 4.61. The van der Waals surface area contributed by atoms with Crippen molar-refractivity contribution >= 4 is 40.0 Å². The maximum Gasteiger partial charge on any atom is 0.213 e. The van der Waals surface area contributed by atoms with Gasteiger partial charge < -0.3 is 15.4 Å². The summed E-state index contributed by atoms with van der Waals surface area (Å²) >= 11 is 0. The number of morpholine rings is 1. The predicted octanol–water partition coefficient (Wildman–Crippen LogP) is 1.24. The molecule has 0 aromatic rings. The molecule has 1 atom stereocenters. The first-order chi connectivity index (χ1) is 13.4. The van der Waals surface area contributed by atoms with Gasteiger partial charge in [-0.25, -0.2) is 13.1 Å². The van der Waals surface area contributed by atoms with E-state index in [9.17, 15) is 8.42 Å². The van der Waals surface area contributed by atoms with Gasteiger partial charge in [0, 0.05) is 45.8 Å². The van der Waals surface area contributed by atoms with Crippen molar-refractivity contribution in [3.8, 4) is 0 Å². The molecule has 3 N–H and O–H groups in total. The van der Waals surface area contributed by atoms with Crippen LogP contribution in [0.1, 0.15) is 39.5 Å². The minimum absolute atomic E-state index is 0. The van der Waals surface area contributed by atoms with Crippen LogP contribution >= 0.6 is 24.0 Å². The Labute approximate surface area is 194 Å². The zero-order valence-electron chi connectivity index (χ0n) is 18.2. The number of hydrogen-bond acceptors (Lipinski definition) is 5. The lowest BCUT2D eigenvalue weighted by Gasteiger charge is -2.35. The first kappa shape index (κ1) is 26.9. The smallest absolute Gasteiger partial charge is 0.213 e. The molecule has 0 amide bonds. The van der Waals surface area contributed by atoms with Crippen molar-refractivity contribution in [2.24, 2.45) is 16.8 Å². The Hall–Kier alpha value is -0.170. The summed E-state index contributed by atoms with van der Waals surface area (Å²) in [6.07, 6.45) is 4.59. The SMILES string of the molecule is CN=C(NCCS(=O)(=O)NCC1CCC1)NCC(CC(C)C)N1CCOCC1.I. The second-order valence-electron chi connectivity index (χ2n) is 8.28. The molecule has 0 radical (unpaired) electrons. The Bertz CT molecular complexity index is 578. The van der Waals surface area contributed by atoms with Crippen LogP contribution in [0.4, 0.5) is 0 Å². The molecule has 29 heavy (non-hydrogen) atoms. The molecule has 1 aliphatic carbocycles. The van der Waals surface area contributed by atoms with E-state index >= 15 is 0 Å². The van der Waals surface area contributed by atoms with Crippen LogP contribution in [0.25, 0.3) is 0 Å². The van der Waals surface area contributed by atoms with Crippen LogP contribution in [0.2, 0.25) is 0 Å². The summed E-state index contributed by atoms with van der Waals surface area (Å²) in [6, 6.07) is 0.412. The first-order valence-electron chi connectivity index (χ1n) is 10.6. The van der Waals surface area contributed by atoms with E-state index in [4.69, 9.17) is 4.74 Å². The molecule has 1 saturated carbocycles. The van der Waals surface area contributed by atoms with Crippen LogP contribution in [0.3, 0.4) is 0 Å². The van der Waals surface area contributed by atoms with Gasteiger partial charge in [-0.05, 0) is 31.1 Å². The van der Waals surface area contributed by atoms with Gasteiger partial charge in [-0.15, -0.1) is 24.0 Å². The van der Waals surface area contributed by atoms with Gasteiger partial charge in [0.05, 0.1) is 19.0 Å². The quantitative estimate of drug-likeness (QED) is 0.206. The van der Waals surface area contributed by atoms with Crippen LogP contribution < -0.4 is 15.4 Å². The van der Waals surface area contributed by atoms with Crippen LogP contribution in [-0.2, 0) is 14.8 Å². The van der Waals surface area contributed by atoms with E-state index in [2.05, 4.69) is 39.1 Å². The molecule has 2 rings (SSSR count). The molecular weight excluding hydrogens is 505 g/mol. The van der Waals surface area contributed by atoms with E-state index in [1.54, 1.807) is 7.05 Å². The van der Waals surface area contributed by atoms with Crippen molar-refractivity contribution in [2.45, 2.75) is 45.6 Å². The summed E-state index contributed by atoms with van der Waals surface area (Å²) in [5, 5.41) is 6.50. The maximum atomic E-state index is 12.1. The molecule has 172 valence electrons. The average molecular weight is 546 g/mol. The predicted molar refractivity (Wildman–Crippen MR) is 130 cm³/mol. The lowest BCUT2D eigenvalue weighted by atomic mass is 9.86. The molecule has 2 fully saturated rings. The third-order valence-electron chi connectivity index (χ3n) is 5.51. The number of hydrogen-bond donors (Lipinski definition) is 3. The molecular formula is C19H40IN5O3S. The number of ether oxygens (including phenoxy) is 1. The number of aliphatic imine (C=N–C) groups is 1. The van der Waals surface area contributed by atoms with Gasteiger partial charge in [0.2, 0.25) is 10.0 Å². The average Bonchev–Trinajstić information content (AvgIpc) is 2.62. The van der Waals surface area contributed by atoms with Crippen molar-refractivity contribution in [2.75, 3.05) is 58.7 Å². The van der Waals surface area contributed by atoms with Gasteiger partial charge in [0.1, 0.15) is 0 Å². The molecule has 1 aliphatic heterocycles. The number of guanidine groups is 1. The van der Waals surface area contributed by atoms with Gasteiger partial charge in [-0.2, -0.15) is 0 Å².